The summed E-state index contributed by atoms with van der Waals surface area (Å²) in [4.78, 5) is 0.180. The van der Waals surface area contributed by atoms with Crippen molar-refractivity contribution in [3.63, 3.8) is 0 Å². The molecule has 0 unspecified atom stereocenters. The summed E-state index contributed by atoms with van der Waals surface area (Å²) in [5, 5.41) is 9.54. The van der Waals surface area contributed by atoms with E-state index in [1.165, 1.54) is 22.5 Å². The lowest BCUT2D eigenvalue weighted by atomic mass is 10.2. The standard InChI is InChI=1S/C15H18N2O3S/c1-3-17(12-5-4-6-13(18)10-12)21(19,20)14-7-8-15(16)11(2)9-14/h4-10,18H,3,16H2,1-2H3. The SMILES string of the molecule is CCN(c1cccc(O)c1)S(=O)(=O)c1ccc(N)c(C)c1. The second-order valence-corrected chi connectivity index (χ2v) is 6.57. The maximum absolute atomic E-state index is 12.7. The van der Waals surface area contributed by atoms with Gasteiger partial charge in [-0.2, -0.15) is 0 Å². The highest BCUT2D eigenvalue weighted by atomic mass is 32.2. The molecule has 21 heavy (non-hydrogen) atoms. The number of benzene rings is 2. The van der Waals surface area contributed by atoms with E-state index >= 15 is 0 Å². The van der Waals surface area contributed by atoms with Crippen molar-refractivity contribution < 1.29 is 13.5 Å². The molecule has 6 heteroatoms. The van der Waals surface area contributed by atoms with Gasteiger partial charge < -0.3 is 10.8 Å². The number of nitrogens with zero attached hydrogens (tertiary/aromatic N) is 1. The van der Waals surface area contributed by atoms with Crippen molar-refractivity contribution in [1.82, 2.24) is 0 Å². The number of sulfonamides is 1. The van der Waals surface area contributed by atoms with E-state index < -0.39 is 10.0 Å². The fraction of sp³-hybridized carbons (Fsp3) is 0.200. The van der Waals surface area contributed by atoms with Gasteiger partial charge in [-0.1, -0.05) is 6.07 Å². The molecule has 0 radical (unpaired) electrons. The van der Waals surface area contributed by atoms with Crippen LogP contribution < -0.4 is 10.0 Å². The van der Waals surface area contributed by atoms with Crippen LogP contribution in [0.3, 0.4) is 0 Å². The third kappa shape index (κ3) is 2.95. The zero-order valence-electron chi connectivity index (χ0n) is 11.9. The first-order valence-corrected chi connectivity index (χ1v) is 7.98. The maximum atomic E-state index is 12.7. The Labute approximate surface area is 124 Å². The van der Waals surface area contributed by atoms with Gasteiger partial charge in [-0.15, -0.1) is 0 Å². The Morgan fingerprint density at radius 3 is 2.48 bits per heavy atom. The smallest absolute Gasteiger partial charge is 0.264 e. The van der Waals surface area contributed by atoms with Crippen molar-refractivity contribution >= 4 is 21.4 Å². The van der Waals surface area contributed by atoms with Gasteiger partial charge in [-0.05, 0) is 49.7 Å². The van der Waals surface area contributed by atoms with Crippen LogP contribution in [0.15, 0.2) is 47.4 Å². The molecule has 2 aromatic rings. The average molecular weight is 306 g/mol. The van der Waals surface area contributed by atoms with Crippen LogP contribution in [0.25, 0.3) is 0 Å². The molecule has 2 rings (SSSR count). The van der Waals surface area contributed by atoms with E-state index in [1.54, 1.807) is 38.1 Å². The minimum Gasteiger partial charge on any atom is -0.508 e. The Hall–Kier alpha value is -2.21. The van der Waals surface area contributed by atoms with Crippen molar-refractivity contribution in [3.8, 4) is 5.75 Å². The molecule has 0 aliphatic carbocycles. The lowest BCUT2D eigenvalue weighted by Crippen LogP contribution is -2.30. The predicted molar refractivity (Wildman–Crippen MR) is 83.9 cm³/mol. The molecule has 0 saturated heterocycles. The lowest BCUT2D eigenvalue weighted by Gasteiger charge is -2.23. The monoisotopic (exact) mass is 306 g/mol. The molecule has 0 spiro atoms. The van der Waals surface area contributed by atoms with Crippen LogP contribution in [0.1, 0.15) is 12.5 Å². The molecule has 3 N–H and O–H groups in total. The average Bonchev–Trinajstić information content (AvgIpc) is 2.42. The minimum absolute atomic E-state index is 0.0228. The van der Waals surface area contributed by atoms with Crippen molar-refractivity contribution in [2.24, 2.45) is 0 Å². The summed E-state index contributed by atoms with van der Waals surface area (Å²) in [5.41, 5.74) is 7.41. The Kier molecular flexibility index (Phi) is 4.09. The molecular formula is C15H18N2O3S. The summed E-state index contributed by atoms with van der Waals surface area (Å²) < 4.78 is 26.7. The molecule has 0 heterocycles. The number of aryl methyl sites for hydroxylation is 1. The summed E-state index contributed by atoms with van der Waals surface area (Å²) in [5.74, 6) is 0.0228. The lowest BCUT2D eigenvalue weighted by molar-refractivity contribution is 0.475. The van der Waals surface area contributed by atoms with Crippen LogP contribution in [-0.2, 0) is 10.0 Å². The van der Waals surface area contributed by atoms with Crippen molar-refractivity contribution in [2.45, 2.75) is 18.7 Å². The Bertz CT molecular complexity index is 757. The number of phenols is 1. The van der Waals surface area contributed by atoms with E-state index in [9.17, 15) is 13.5 Å². The van der Waals surface area contributed by atoms with Crippen LogP contribution in [0.2, 0.25) is 0 Å². The number of aromatic hydroxyl groups is 1. The molecule has 0 atom stereocenters. The number of rotatable bonds is 4. The summed E-state index contributed by atoms with van der Waals surface area (Å²) >= 11 is 0. The third-order valence-electron chi connectivity index (χ3n) is 3.23. The van der Waals surface area contributed by atoms with Gasteiger partial charge >= 0.3 is 0 Å². The summed E-state index contributed by atoms with van der Waals surface area (Å²) in [6, 6.07) is 10.8. The molecule has 0 amide bonds. The number of anilines is 2. The molecule has 0 aliphatic rings. The first kappa shape index (κ1) is 15.2. The molecule has 0 saturated carbocycles. The Morgan fingerprint density at radius 1 is 1.19 bits per heavy atom. The predicted octanol–water partition coefficient (Wildman–Crippen LogP) is 2.50. The number of hydrogen-bond acceptors (Lipinski definition) is 4. The number of hydrogen-bond donors (Lipinski definition) is 2. The van der Waals surface area contributed by atoms with Gasteiger partial charge in [-0.25, -0.2) is 8.42 Å². The maximum Gasteiger partial charge on any atom is 0.264 e. The Morgan fingerprint density at radius 2 is 1.90 bits per heavy atom. The highest BCUT2D eigenvalue weighted by molar-refractivity contribution is 7.92. The van der Waals surface area contributed by atoms with Crippen molar-refractivity contribution in [1.29, 1.82) is 0 Å². The third-order valence-corrected chi connectivity index (χ3v) is 5.13. The molecular weight excluding hydrogens is 288 g/mol. The van der Waals surface area contributed by atoms with Gasteiger partial charge in [0.2, 0.25) is 0 Å². The van der Waals surface area contributed by atoms with E-state index in [-0.39, 0.29) is 17.2 Å². The molecule has 112 valence electrons. The van der Waals surface area contributed by atoms with E-state index in [0.29, 0.717) is 16.9 Å². The normalized spacial score (nSPS) is 11.3. The van der Waals surface area contributed by atoms with Gasteiger partial charge in [0.1, 0.15) is 5.75 Å². The van der Waals surface area contributed by atoms with Crippen LogP contribution in [0.4, 0.5) is 11.4 Å². The molecule has 5 nitrogen and oxygen atoms in total. The number of phenolic OH excluding ortho intramolecular Hbond substituents is 1. The van der Waals surface area contributed by atoms with Gasteiger partial charge in [0.25, 0.3) is 10.0 Å². The Balaban J connectivity index is 2.51. The van der Waals surface area contributed by atoms with E-state index in [0.717, 1.165) is 0 Å². The molecule has 2 aromatic carbocycles. The van der Waals surface area contributed by atoms with E-state index in [2.05, 4.69) is 0 Å². The molecule has 0 aromatic heterocycles. The highest BCUT2D eigenvalue weighted by Crippen LogP contribution is 2.27. The van der Waals surface area contributed by atoms with E-state index in [4.69, 9.17) is 5.73 Å². The second kappa shape index (κ2) is 5.65. The van der Waals surface area contributed by atoms with Gasteiger partial charge in [-0.3, -0.25) is 4.31 Å². The largest absolute Gasteiger partial charge is 0.508 e. The minimum atomic E-state index is -3.69. The topological polar surface area (TPSA) is 83.6 Å². The zero-order valence-corrected chi connectivity index (χ0v) is 12.8. The second-order valence-electron chi connectivity index (χ2n) is 4.71. The first-order valence-electron chi connectivity index (χ1n) is 6.54. The molecule has 0 aliphatic heterocycles. The highest BCUT2D eigenvalue weighted by Gasteiger charge is 2.24. The quantitative estimate of drug-likeness (QED) is 0.850. The van der Waals surface area contributed by atoms with Crippen LogP contribution >= 0.6 is 0 Å². The first-order chi connectivity index (χ1) is 9.86. The summed E-state index contributed by atoms with van der Waals surface area (Å²) in [7, 11) is -3.69. The van der Waals surface area contributed by atoms with Crippen LogP contribution in [0, 0.1) is 6.92 Å². The summed E-state index contributed by atoms with van der Waals surface area (Å²) in [6.45, 7) is 3.76. The molecule has 0 fully saturated rings. The number of nitrogen functional groups attached to an aromatic ring is 1. The van der Waals surface area contributed by atoms with Crippen LogP contribution in [0.5, 0.6) is 5.75 Å². The fourth-order valence-corrected chi connectivity index (χ4v) is 3.63. The van der Waals surface area contributed by atoms with Gasteiger partial charge in [0.15, 0.2) is 0 Å². The van der Waals surface area contributed by atoms with E-state index in [1.807, 2.05) is 0 Å². The van der Waals surface area contributed by atoms with Crippen molar-refractivity contribution in [2.75, 3.05) is 16.6 Å². The number of nitrogens with two attached hydrogens (primary N) is 1. The fourth-order valence-electron chi connectivity index (χ4n) is 2.08. The zero-order chi connectivity index (χ0) is 15.6. The molecule has 0 bridgehead atoms. The summed E-state index contributed by atoms with van der Waals surface area (Å²) in [6.07, 6.45) is 0. The van der Waals surface area contributed by atoms with Crippen LogP contribution in [-0.4, -0.2) is 20.1 Å². The van der Waals surface area contributed by atoms with Gasteiger partial charge in [0.05, 0.1) is 10.6 Å². The van der Waals surface area contributed by atoms with Crippen molar-refractivity contribution in [3.05, 3.63) is 48.0 Å². The van der Waals surface area contributed by atoms with Gasteiger partial charge in [0, 0.05) is 18.3 Å².